The molecule has 1 aliphatic heterocycles. The number of oxime groups is 1. The standard InChI is InChI=1S/C8H14N6O3/c9-7(12-15)6-8(14-17-13-6)11-4-5-3-10-1-2-16-5/h5,10,15H,1-4H2,(H2,9,12)(H,11,14)/t5-/m1/s1. The molecular weight excluding hydrogens is 228 g/mol. The quantitative estimate of drug-likeness (QED) is 0.218. The Morgan fingerprint density at radius 1 is 1.65 bits per heavy atom. The van der Waals surface area contributed by atoms with Crippen LogP contribution in [0.15, 0.2) is 9.78 Å². The molecule has 2 rings (SSSR count). The fourth-order valence-electron chi connectivity index (χ4n) is 1.48. The average Bonchev–Trinajstić information content (AvgIpc) is 2.85. The van der Waals surface area contributed by atoms with Gasteiger partial charge in [-0.05, 0) is 10.3 Å². The predicted molar refractivity (Wildman–Crippen MR) is 57.9 cm³/mol. The molecule has 2 heterocycles. The number of amidine groups is 1. The van der Waals surface area contributed by atoms with Crippen LogP contribution in [0.1, 0.15) is 5.69 Å². The number of nitrogens with two attached hydrogens (primary N) is 1. The second-order valence-electron chi connectivity index (χ2n) is 3.52. The first-order valence-electron chi connectivity index (χ1n) is 5.18. The lowest BCUT2D eigenvalue weighted by Crippen LogP contribution is -2.42. The first-order chi connectivity index (χ1) is 8.31. The third-order valence-corrected chi connectivity index (χ3v) is 2.34. The maximum Gasteiger partial charge on any atom is 0.202 e. The van der Waals surface area contributed by atoms with Crippen molar-refractivity contribution < 1.29 is 14.6 Å². The van der Waals surface area contributed by atoms with E-state index in [0.717, 1.165) is 13.1 Å². The van der Waals surface area contributed by atoms with Gasteiger partial charge in [0, 0.05) is 19.6 Å². The molecule has 5 N–H and O–H groups in total. The molecule has 0 spiro atoms. The lowest BCUT2D eigenvalue weighted by Gasteiger charge is -2.23. The van der Waals surface area contributed by atoms with Crippen LogP contribution >= 0.6 is 0 Å². The Kier molecular flexibility index (Phi) is 3.73. The lowest BCUT2D eigenvalue weighted by atomic mass is 10.3. The number of hydrogen-bond donors (Lipinski definition) is 4. The van der Waals surface area contributed by atoms with Crippen LogP contribution in [0.25, 0.3) is 0 Å². The van der Waals surface area contributed by atoms with Crippen molar-refractivity contribution in [1.29, 1.82) is 0 Å². The van der Waals surface area contributed by atoms with Crippen LogP contribution in [0.2, 0.25) is 0 Å². The number of hydrogen-bond acceptors (Lipinski definition) is 8. The van der Waals surface area contributed by atoms with E-state index >= 15 is 0 Å². The van der Waals surface area contributed by atoms with Gasteiger partial charge in [-0.25, -0.2) is 4.63 Å². The molecule has 0 aromatic carbocycles. The topological polar surface area (TPSA) is 131 Å². The van der Waals surface area contributed by atoms with E-state index in [1.165, 1.54) is 0 Å². The molecule has 9 nitrogen and oxygen atoms in total. The molecule has 0 amide bonds. The summed E-state index contributed by atoms with van der Waals surface area (Å²) >= 11 is 0. The van der Waals surface area contributed by atoms with Gasteiger partial charge in [0.25, 0.3) is 0 Å². The van der Waals surface area contributed by atoms with Crippen LogP contribution < -0.4 is 16.4 Å². The van der Waals surface area contributed by atoms with E-state index in [9.17, 15) is 0 Å². The molecule has 0 saturated carbocycles. The molecule has 9 heteroatoms. The Hall–Kier alpha value is -1.87. The minimum atomic E-state index is -0.156. The largest absolute Gasteiger partial charge is 0.409 e. The Morgan fingerprint density at radius 3 is 3.24 bits per heavy atom. The first-order valence-corrected chi connectivity index (χ1v) is 5.18. The summed E-state index contributed by atoms with van der Waals surface area (Å²) in [4.78, 5) is 0. The van der Waals surface area contributed by atoms with E-state index in [-0.39, 0.29) is 17.6 Å². The second-order valence-corrected chi connectivity index (χ2v) is 3.52. The van der Waals surface area contributed by atoms with Gasteiger partial charge >= 0.3 is 0 Å². The summed E-state index contributed by atoms with van der Waals surface area (Å²) in [6, 6.07) is 0. The highest BCUT2D eigenvalue weighted by atomic mass is 16.6. The van der Waals surface area contributed by atoms with Crippen molar-refractivity contribution >= 4 is 11.7 Å². The maximum atomic E-state index is 8.54. The Morgan fingerprint density at radius 2 is 2.53 bits per heavy atom. The number of morpholine rings is 1. The first kappa shape index (κ1) is 11.6. The van der Waals surface area contributed by atoms with E-state index in [2.05, 4.69) is 30.7 Å². The van der Waals surface area contributed by atoms with Gasteiger partial charge in [0.1, 0.15) is 0 Å². The molecule has 0 unspecified atom stereocenters. The molecule has 1 aromatic rings. The van der Waals surface area contributed by atoms with E-state index in [1.807, 2.05) is 0 Å². The molecule has 1 atom stereocenters. The number of anilines is 1. The smallest absolute Gasteiger partial charge is 0.202 e. The minimum absolute atomic E-state index is 0.0422. The SMILES string of the molecule is N/C(=N\O)c1nonc1NC[C@H]1CNCCO1. The highest BCUT2D eigenvalue weighted by molar-refractivity contribution is 5.99. The molecule has 1 aliphatic rings. The van der Waals surface area contributed by atoms with Gasteiger partial charge in [0.05, 0.1) is 12.7 Å². The highest BCUT2D eigenvalue weighted by Crippen LogP contribution is 2.09. The molecule has 0 aliphatic carbocycles. The van der Waals surface area contributed by atoms with Crippen molar-refractivity contribution in [3.05, 3.63) is 5.69 Å². The van der Waals surface area contributed by atoms with Gasteiger partial charge < -0.3 is 26.3 Å². The molecule has 1 aromatic heterocycles. The summed E-state index contributed by atoms with van der Waals surface area (Å²) in [5.74, 6) is 0.172. The van der Waals surface area contributed by atoms with Gasteiger partial charge in [-0.15, -0.1) is 0 Å². The van der Waals surface area contributed by atoms with Crippen molar-refractivity contribution in [3.8, 4) is 0 Å². The lowest BCUT2D eigenvalue weighted by molar-refractivity contribution is 0.0371. The fraction of sp³-hybridized carbons (Fsp3) is 0.625. The Balaban J connectivity index is 1.92. The van der Waals surface area contributed by atoms with Gasteiger partial charge in [-0.2, -0.15) is 0 Å². The van der Waals surface area contributed by atoms with E-state index in [4.69, 9.17) is 15.7 Å². The van der Waals surface area contributed by atoms with Crippen molar-refractivity contribution in [1.82, 2.24) is 15.6 Å². The summed E-state index contributed by atoms with van der Waals surface area (Å²) in [5, 5.41) is 24.7. The molecule has 1 saturated heterocycles. The van der Waals surface area contributed by atoms with Crippen LogP contribution in [-0.2, 0) is 4.74 Å². The molecular formula is C8H14N6O3. The normalized spacial score (nSPS) is 21.4. The molecule has 0 bridgehead atoms. The zero-order chi connectivity index (χ0) is 12.1. The molecule has 0 radical (unpaired) electrons. The zero-order valence-corrected chi connectivity index (χ0v) is 9.09. The number of nitrogens with zero attached hydrogens (tertiary/aromatic N) is 3. The van der Waals surface area contributed by atoms with Crippen LogP contribution in [0.4, 0.5) is 5.82 Å². The van der Waals surface area contributed by atoms with Crippen LogP contribution in [-0.4, -0.2) is 53.7 Å². The maximum absolute atomic E-state index is 8.54. The minimum Gasteiger partial charge on any atom is -0.409 e. The second kappa shape index (κ2) is 5.46. The summed E-state index contributed by atoms with van der Waals surface area (Å²) in [6.45, 7) is 2.83. The van der Waals surface area contributed by atoms with Gasteiger partial charge in [0.2, 0.25) is 5.82 Å². The van der Waals surface area contributed by atoms with Crippen molar-refractivity contribution in [2.45, 2.75) is 6.10 Å². The highest BCUT2D eigenvalue weighted by Gasteiger charge is 2.17. The third kappa shape index (κ3) is 2.82. The number of rotatable bonds is 4. The van der Waals surface area contributed by atoms with E-state index in [1.54, 1.807) is 0 Å². The summed E-state index contributed by atoms with van der Waals surface area (Å²) in [5.41, 5.74) is 5.58. The van der Waals surface area contributed by atoms with Crippen molar-refractivity contribution in [3.63, 3.8) is 0 Å². The number of nitrogens with one attached hydrogen (secondary N) is 2. The molecule has 1 fully saturated rings. The van der Waals surface area contributed by atoms with E-state index < -0.39 is 0 Å². The van der Waals surface area contributed by atoms with Crippen LogP contribution in [0, 0.1) is 0 Å². The van der Waals surface area contributed by atoms with Crippen LogP contribution in [0.3, 0.4) is 0 Å². The zero-order valence-electron chi connectivity index (χ0n) is 9.09. The molecule has 17 heavy (non-hydrogen) atoms. The van der Waals surface area contributed by atoms with Gasteiger partial charge in [-0.3, -0.25) is 0 Å². The summed E-state index contributed by atoms with van der Waals surface area (Å²) < 4.78 is 10.0. The van der Waals surface area contributed by atoms with Gasteiger partial charge in [-0.1, -0.05) is 5.16 Å². The monoisotopic (exact) mass is 242 g/mol. The Bertz CT molecular complexity index is 386. The Labute approximate surface area is 96.9 Å². The predicted octanol–water partition coefficient (Wildman–Crippen LogP) is -1.44. The van der Waals surface area contributed by atoms with Crippen LogP contribution in [0.5, 0.6) is 0 Å². The van der Waals surface area contributed by atoms with E-state index in [0.29, 0.717) is 19.0 Å². The van der Waals surface area contributed by atoms with Crippen molar-refractivity contribution in [2.75, 3.05) is 31.6 Å². The summed E-state index contributed by atoms with van der Waals surface area (Å²) in [7, 11) is 0. The summed E-state index contributed by atoms with van der Waals surface area (Å²) in [6.07, 6.45) is 0.0422. The third-order valence-electron chi connectivity index (χ3n) is 2.34. The fourth-order valence-corrected chi connectivity index (χ4v) is 1.48. The number of ether oxygens (including phenoxy) is 1. The van der Waals surface area contributed by atoms with Gasteiger partial charge in [0.15, 0.2) is 11.5 Å². The van der Waals surface area contributed by atoms with Crippen molar-refractivity contribution in [2.24, 2.45) is 10.9 Å². The number of aromatic nitrogens is 2. The molecule has 94 valence electrons. The average molecular weight is 242 g/mol.